The second-order valence-electron chi connectivity index (χ2n) is 5.16. The summed E-state index contributed by atoms with van der Waals surface area (Å²) in [6, 6.07) is 8.55. The van der Waals surface area contributed by atoms with Gasteiger partial charge in [-0.05, 0) is 38.3 Å². The van der Waals surface area contributed by atoms with Crippen LogP contribution in [-0.4, -0.2) is 32.4 Å². The highest BCUT2D eigenvalue weighted by molar-refractivity contribution is 5.26. The largest absolute Gasteiger partial charge is 0.492 e. The molecule has 1 heterocycles. The number of nitrogens with one attached hydrogen (secondary N) is 1. The predicted molar refractivity (Wildman–Crippen MR) is 73.1 cm³/mol. The minimum absolute atomic E-state index is 0.368. The number of hydrogen-bond acceptors (Lipinski definition) is 3. The molecule has 3 heteroatoms. The van der Waals surface area contributed by atoms with Gasteiger partial charge in [-0.15, -0.1) is 0 Å². The van der Waals surface area contributed by atoms with E-state index in [4.69, 9.17) is 9.47 Å². The molecule has 0 bridgehead atoms. The number of aryl methyl sites for hydroxylation is 1. The van der Waals surface area contributed by atoms with Gasteiger partial charge in [-0.25, -0.2) is 0 Å². The molecule has 0 aromatic heterocycles. The van der Waals surface area contributed by atoms with Gasteiger partial charge in [-0.3, -0.25) is 0 Å². The fourth-order valence-corrected chi connectivity index (χ4v) is 2.03. The number of ether oxygens (including phenoxy) is 2. The van der Waals surface area contributed by atoms with Gasteiger partial charge in [0.15, 0.2) is 0 Å². The van der Waals surface area contributed by atoms with Crippen LogP contribution in [-0.2, 0) is 4.74 Å². The first-order valence-electron chi connectivity index (χ1n) is 6.74. The molecular formula is C15H23NO2. The van der Waals surface area contributed by atoms with E-state index in [0.29, 0.717) is 18.6 Å². The Morgan fingerprint density at radius 3 is 2.83 bits per heavy atom. The second-order valence-corrected chi connectivity index (χ2v) is 5.16. The predicted octanol–water partition coefficient (Wildman–Crippen LogP) is 2.39. The molecule has 1 aliphatic rings. The molecule has 1 N–H and O–H groups in total. The molecule has 18 heavy (non-hydrogen) atoms. The first-order chi connectivity index (χ1) is 8.74. The van der Waals surface area contributed by atoms with Gasteiger partial charge in [0.2, 0.25) is 0 Å². The molecule has 0 amide bonds. The molecule has 0 saturated carbocycles. The maximum absolute atomic E-state index is 5.74. The van der Waals surface area contributed by atoms with Crippen LogP contribution in [0.4, 0.5) is 0 Å². The third-order valence-electron chi connectivity index (χ3n) is 3.30. The fourth-order valence-electron chi connectivity index (χ4n) is 2.03. The Balaban J connectivity index is 1.64. The van der Waals surface area contributed by atoms with Gasteiger partial charge < -0.3 is 14.8 Å². The monoisotopic (exact) mass is 249 g/mol. The van der Waals surface area contributed by atoms with Gasteiger partial charge in [-0.2, -0.15) is 0 Å². The summed E-state index contributed by atoms with van der Waals surface area (Å²) < 4.78 is 11.1. The lowest BCUT2D eigenvalue weighted by atomic mass is 10.1. The van der Waals surface area contributed by atoms with Crippen LogP contribution in [0.15, 0.2) is 24.3 Å². The van der Waals surface area contributed by atoms with Crippen molar-refractivity contribution in [1.29, 1.82) is 0 Å². The number of rotatable bonds is 6. The third kappa shape index (κ3) is 4.31. The molecule has 0 aliphatic carbocycles. The van der Waals surface area contributed by atoms with Crippen LogP contribution < -0.4 is 10.1 Å². The van der Waals surface area contributed by atoms with E-state index in [-0.39, 0.29) is 0 Å². The van der Waals surface area contributed by atoms with Crippen molar-refractivity contribution in [3.63, 3.8) is 0 Å². The lowest BCUT2D eigenvalue weighted by Gasteiger charge is -2.17. The van der Waals surface area contributed by atoms with Crippen LogP contribution in [0.5, 0.6) is 5.75 Å². The average molecular weight is 249 g/mol. The first kappa shape index (κ1) is 13.4. The molecule has 2 rings (SSSR count). The molecule has 1 aliphatic heterocycles. The highest BCUT2D eigenvalue weighted by Gasteiger charge is 2.16. The van der Waals surface area contributed by atoms with Crippen LogP contribution in [0.1, 0.15) is 18.9 Å². The summed E-state index contributed by atoms with van der Waals surface area (Å²) in [6.07, 6.45) is 1.18. The van der Waals surface area contributed by atoms with Crippen molar-refractivity contribution in [3.8, 4) is 5.75 Å². The van der Waals surface area contributed by atoms with Crippen LogP contribution >= 0.6 is 0 Å². The van der Waals surface area contributed by atoms with E-state index in [0.717, 1.165) is 25.5 Å². The van der Waals surface area contributed by atoms with Crippen LogP contribution in [0.3, 0.4) is 0 Å². The minimum atomic E-state index is 0.368. The van der Waals surface area contributed by atoms with Gasteiger partial charge in [-0.1, -0.05) is 17.7 Å². The van der Waals surface area contributed by atoms with Crippen molar-refractivity contribution < 1.29 is 9.47 Å². The summed E-state index contributed by atoms with van der Waals surface area (Å²) in [7, 11) is 0. The van der Waals surface area contributed by atoms with Crippen molar-refractivity contribution >= 4 is 0 Å². The summed E-state index contributed by atoms with van der Waals surface area (Å²) in [5, 5.41) is 3.50. The van der Waals surface area contributed by atoms with Crippen molar-refractivity contribution in [3.05, 3.63) is 29.8 Å². The van der Waals surface area contributed by atoms with E-state index in [1.165, 1.54) is 12.0 Å². The Morgan fingerprint density at radius 2 is 2.17 bits per heavy atom. The summed E-state index contributed by atoms with van der Waals surface area (Å²) in [4.78, 5) is 0. The van der Waals surface area contributed by atoms with Gasteiger partial charge >= 0.3 is 0 Å². The first-order valence-corrected chi connectivity index (χ1v) is 6.74. The van der Waals surface area contributed by atoms with Crippen molar-refractivity contribution in [1.82, 2.24) is 5.32 Å². The highest BCUT2D eigenvalue weighted by Crippen LogP contribution is 2.12. The molecule has 2 atom stereocenters. The van der Waals surface area contributed by atoms with E-state index in [9.17, 15) is 0 Å². The third-order valence-corrected chi connectivity index (χ3v) is 3.30. The molecular weight excluding hydrogens is 226 g/mol. The SMILES string of the molecule is Cc1ccc(OCC(C)NCC2CCOC2)cc1. The lowest BCUT2D eigenvalue weighted by molar-refractivity contribution is 0.183. The summed E-state index contributed by atoms with van der Waals surface area (Å²) in [5.41, 5.74) is 1.26. The van der Waals surface area contributed by atoms with E-state index in [1.54, 1.807) is 0 Å². The lowest BCUT2D eigenvalue weighted by Crippen LogP contribution is -2.35. The number of hydrogen-bond donors (Lipinski definition) is 1. The van der Waals surface area contributed by atoms with Crippen molar-refractivity contribution in [2.75, 3.05) is 26.4 Å². The van der Waals surface area contributed by atoms with E-state index >= 15 is 0 Å². The molecule has 1 aromatic carbocycles. The van der Waals surface area contributed by atoms with Gasteiger partial charge in [0, 0.05) is 19.2 Å². The molecule has 1 fully saturated rings. The molecule has 2 unspecified atom stereocenters. The van der Waals surface area contributed by atoms with E-state index in [2.05, 4.69) is 31.3 Å². The summed E-state index contributed by atoms with van der Waals surface area (Å²) in [6.45, 7) is 7.79. The Kier molecular flexibility index (Phi) is 5.02. The van der Waals surface area contributed by atoms with Gasteiger partial charge in [0.25, 0.3) is 0 Å². The Labute approximate surface area is 109 Å². The topological polar surface area (TPSA) is 30.5 Å². The molecule has 100 valence electrons. The van der Waals surface area contributed by atoms with E-state index < -0.39 is 0 Å². The molecule has 1 aromatic rings. The molecule has 3 nitrogen and oxygen atoms in total. The maximum atomic E-state index is 5.74. The quantitative estimate of drug-likeness (QED) is 0.839. The van der Waals surface area contributed by atoms with Crippen molar-refractivity contribution in [2.45, 2.75) is 26.3 Å². The Morgan fingerprint density at radius 1 is 1.39 bits per heavy atom. The molecule has 0 spiro atoms. The van der Waals surface area contributed by atoms with E-state index in [1.807, 2.05) is 12.1 Å². The Bertz CT molecular complexity index is 344. The molecule has 1 saturated heterocycles. The maximum Gasteiger partial charge on any atom is 0.119 e. The second kappa shape index (κ2) is 6.76. The van der Waals surface area contributed by atoms with Crippen LogP contribution in [0.2, 0.25) is 0 Å². The van der Waals surface area contributed by atoms with Crippen molar-refractivity contribution in [2.24, 2.45) is 5.92 Å². The summed E-state index contributed by atoms with van der Waals surface area (Å²) >= 11 is 0. The van der Waals surface area contributed by atoms with Gasteiger partial charge in [0.05, 0.1) is 6.61 Å². The highest BCUT2D eigenvalue weighted by atomic mass is 16.5. The van der Waals surface area contributed by atoms with Gasteiger partial charge in [0.1, 0.15) is 12.4 Å². The van der Waals surface area contributed by atoms with Crippen LogP contribution in [0.25, 0.3) is 0 Å². The smallest absolute Gasteiger partial charge is 0.119 e. The van der Waals surface area contributed by atoms with Crippen LogP contribution in [0, 0.1) is 12.8 Å². The zero-order chi connectivity index (χ0) is 12.8. The Hall–Kier alpha value is -1.06. The fraction of sp³-hybridized carbons (Fsp3) is 0.600. The standard InChI is InChI=1S/C15H23NO2/c1-12-3-5-15(6-4-12)18-10-13(2)16-9-14-7-8-17-11-14/h3-6,13-14,16H,7-11H2,1-2H3. The summed E-state index contributed by atoms with van der Waals surface area (Å²) in [5.74, 6) is 1.62. The number of benzene rings is 1. The molecule has 0 radical (unpaired) electrons. The normalized spacial score (nSPS) is 20.9. The zero-order valence-corrected chi connectivity index (χ0v) is 11.3. The zero-order valence-electron chi connectivity index (χ0n) is 11.3. The average Bonchev–Trinajstić information content (AvgIpc) is 2.89. The minimum Gasteiger partial charge on any atom is -0.492 e.